The SMILES string of the molecule is Cc1cc(C)cc(-n2ncc3c2CCC[C@@H]3NC(=O)C2CCC2)c1. The van der Waals surface area contributed by atoms with Crippen molar-refractivity contribution in [1.82, 2.24) is 15.1 Å². The Morgan fingerprint density at radius 1 is 1.12 bits per heavy atom. The number of rotatable bonds is 3. The molecule has 24 heavy (non-hydrogen) atoms. The lowest BCUT2D eigenvalue weighted by Crippen LogP contribution is -2.38. The van der Waals surface area contributed by atoms with Gasteiger partial charge in [0.1, 0.15) is 0 Å². The summed E-state index contributed by atoms with van der Waals surface area (Å²) < 4.78 is 2.07. The first-order valence-electron chi connectivity index (χ1n) is 9.07. The maximum absolute atomic E-state index is 12.3. The Morgan fingerprint density at radius 3 is 2.54 bits per heavy atom. The van der Waals surface area contributed by atoms with Crippen LogP contribution >= 0.6 is 0 Å². The third-order valence-electron chi connectivity index (χ3n) is 5.43. The molecule has 0 saturated heterocycles. The van der Waals surface area contributed by atoms with Crippen LogP contribution in [0.1, 0.15) is 60.5 Å². The molecular formula is C20H25N3O. The fraction of sp³-hybridized carbons (Fsp3) is 0.500. The van der Waals surface area contributed by atoms with Gasteiger partial charge >= 0.3 is 0 Å². The average Bonchev–Trinajstić information content (AvgIpc) is 2.89. The molecule has 0 radical (unpaired) electrons. The molecule has 0 aliphatic heterocycles. The zero-order valence-electron chi connectivity index (χ0n) is 14.5. The zero-order chi connectivity index (χ0) is 16.7. The third kappa shape index (κ3) is 2.74. The topological polar surface area (TPSA) is 46.9 Å². The van der Waals surface area contributed by atoms with Gasteiger partial charge in [-0.05, 0) is 69.2 Å². The Balaban J connectivity index is 1.62. The van der Waals surface area contributed by atoms with Crippen LogP contribution in [-0.4, -0.2) is 15.7 Å². The van der Waals surface area contributed by atoms with Gasteiger partial charge in [0.15, 0.2) is 0 Å². The van der Waals surface area contributed by atoms with Crippen LogP contribution in [0.5, 0.6) is 0 Å². The van der Waals surface area contributed by atoms with Crippen LogP contribution in [0, 0.1) is 19.8 Å². The molecule has 1 saturated carbocycles. The van der Waals surface area contributed by atoms with Crippen molar-refractivity contribution in [3.63, 3.8) is 0 Å². The van der Waals surface area contributed by atoms with Crippen molar-refractivity contribution in [2.75, 3.05) is 0 Å². The molecule has 1 fully saturated rings. The second-order valence-electron chi connectivity index (χ2n) is 7.39. The van der Waals surface area contributed by atoms with Gasteiger partial charge in [-0.2, -0.15) is 5.10 Å². The maximum atomic E-state index is 12.3. The highest BCUT2D eigenvalue weighted by Gasteiger charge is 2.30. The number of nitrogens with one attached hydrogen (secondary N) is 1. The van der Waals surface area contributed by atoms with E-state index in [2.05, 4.69) is 47.1 Å². The van der Waals surface area contributed by atoms with Gasteiger partial charge in [-0.25, -0.2) is 4.68 Å². The molecule has 1 N–H and O–H groups in total. The van der Waals surface area contributed by atoms with Crippen LogP contribution in [0.3, 0.4) is 0 Å². The van der Waals surface area contributed by atoms with E-state index >= 15 is 0 Å². The summed E-state index contributed by atoms with van der Waals surface area (Å²) in [5, 5.41) is 7.92. The molecule has 2 aromatic rings. The number of carbonyl (C=O) groups excluding carboxylic acids is 1. The Kier molecular flexibility index (Phi) is 3.91. The van der Waals surface area contributed by atoms with Crippen molar-refractivity contribution < 1.29 is 4.79 Å². The maximum Gasteiger partial charge on any atom is 0.223 e. The van der Waals surface area contributed by atoms with Crippen LogP contribution in [0.2, 0.25) is 0 Å². The molecule has 2 aliphatic carbocycles. The van der Waals surface area contributed by atoms with Crippen molar-refractivity contribution in [1.29, 1.82) is 0 Å². The number of nitrogens with zero attached hydrogens (tertiary/aromatic N) is 2. The lowest BCUT2D eigenvalue weighted by atomic mass is 9.84. The predicted molar refractivity (Wildman–Crippen MR) is 94.2 cm³/mol. The van der Waals surface area contributed by atoms with Gasteiger partial charge in [-0.3, -0.25) is 4.79 Å². The molecule has 4 rings (SSSR count). The summed E-state index contributed by atoms with van der Waals surface area (Å²) in [6.07, 6.45) is 8.39. The summed E-state index contributed by atoms with van der Waals surface area (Å²) in [5.41, 5.74) is 6.08. The molecular weight excluding hydrogens is 298 g/mol. The number of amides is 1. The lowest BCUT2D eigenvalue weighted by molar-refractivity contribution is -0.128. The van der Waals surface area contributed by atoms with Crippen molar-refractivity contribution in [3.8, 4) is 5.69 Å². The fourth-order valence-corrected chi connectivity index (χ4v) is 3.96. The van der Waals surface area contributed by atoms with Crippen LogP contribution in [0.25, 0.3) is 5.69 Å². The standard InChI is InChI=1S/C20H25N3O/c1-13-9-14(2)11-16(10-13)23-19-8-4-7-18(17(19)12-21-23)22-20(24)15-5-3-6-15/h9-12,15,18H,3-8H2,1-2H3,(H,22,24)/t18-/m0/s1. The minimum absolute atomic E-state index is 0.126. The fourth-order valence-electron chi connectivity index (χ4n) is 3.96. The van der Waals surface area contributed by atoms with E-state index in [1.54, 1.807) is 0 Å². The summed E-state index contributed by atoms with van der Waals surface area (Å²) >= 11 is 0. The molecule has 1 atom stereocenters. The monoisotopic (exact) mass is 323 g/mol. The minimum atomic E-state index is 0.126. The highest BCUT2D eigenvalue weighted by atomic mass is 16.2. The second-order valence-corrected chi connectivity index (χ2v) is 7.39. The summed E-state index contributed by atoms with van der Waals surface area (Å²) in [6.45, 7) is 4.24. The van der Waals surface area contributed by atoms with Crippen molar-refractivity contribution in [3.05, 3.63) is 46.8 Å². The second kappa shape index (κ2) is 6.08. The first kappa shape index (κ1) is 15.4. The van der Waals surface area contributed by atoms with E-state index in [9.17, 15) is 4.79 Å². The number of hydrogen-bond acceptors (Lipinski definition) is 2. The molecule has 126 valence electrons. The molecule has 1 amide bonds. The van der Waals surface area contributed by atoms with Gasteiger partial charge in [0, 0.05) is 17.2 Å². The van der Waals surface area contributed by atoms with Gasteiger partial charge < -0.3 is 5.32 Å². The van der Waals surface area contributed by atoms with Crippen LogP contribution in [0.15, 0.2) is 24.4 Å². The normalized spacial score (nSPS) is 20.3. The number of carbonyl (C=O) groups is 1. The largest absolute Gasteiger partial charge is 0.349 e. The van der Waals surface area contributed by atoms with E-state index in [0.717, 1.165) is 37.8 Å². The number of benzene rings is 1. The lowest BCUT2D eigenvalue weighted by Gasteiger charge is -2.29. The Hall–Kier alpha value is -2.10. The van der Waals surface area contributed by atoms with Crippen molar-refractivity contribution in [2.24, 2.45) is 5.92 Å². The summed E-state index contributed by atoms with van der Waals surface area (Å²) in [6, 6.07) is 6.66. The van der Waals surface area contributed by atoms with Crippen LogP contribution in [-0.2, 0) is 11.2 Å². The summed E-state index contributed by atoms with van der Waals surface area (Å²) in [7, 11) is 0. The van der Waals surface area contributed by atoms with E-state index in [1.807, 2.05) is 6.20 Å². The number of aromatic nitrogens is 2. The highest BCUT2D eigenvalue weighted by molar-refractivity contribution is 5.79. The number of fused-ring (bicyclic) bond motifs is 1. The minimum Gasteiger partial charge on any atom is -0.349 e. The van der Waals surface area contributed by atoms with Gasteiger partial charge in [-0.1, -0.05) is 12.5 Å². The van der Waals surface area contributed by atoms with Crippen LogP contribution < -0.4 is 5.32 Å². The molecule has 0 bridgehead atoms. The quantitative estimate of drug-likeness (QED) is 0.934. The Labute approximate surface area is 143 Å². The van der Waals surface area contributed by atoms with Crippen LogP contribution in [0.4, 0.5) is 0 Å². The number of aryl methyl sites for hydroxylation is 2. The van der Waals surface area contributed by atoms with Gasteiger partial charge in [-0.15, -0.1) is 0 Å². The number of hydrogen-bond donors (Lipinski definition) is 1. The average molecular weight is 323 g/mol. The molecule has 1 aromatic carbocycles. The molecule has 0 unspecified atom stereocenters. The Morgan fingerprint density at radius 2 is 1.88 bits per heavy atom. The Bertz CT molecular complexity index is 753. The molecule has 2 aliphatic rings. The smallest absolute Gasteiger partial charge is 0.223 e. The van der Waals surface area contributed by atoms with E-state index in [4.69, 9.17) is 0 Å². The van der Waals surface area contributed by atoms with E-state index in [-0.39, 0.29) is 17.9 Å². The third-order valence-corrected chi connectivity index (χ3v) is 5.43. The van der Waals surface area contributed by atoms with E-state index < -0.39 is 0 Å². The highest BCUT2D eigenvalue weighted by Crippen LogP contribution is 2.33. The first-order valence-corrected chi connectivity index (χ1v) is 9.07. The summed E-state index contributed by atoms with van der Waals surface area (Å²) in [5.74, 6) is 0.475. The first-order chi connectivity index (χ1) is 11.6. The molecule has 0 spiro atoms. The molecule has 4 nitrogen and oxygen atoms in total. The molecule has 4 heteroatoms. The van der Waals surface area contributed by atoms with Gasteiger partial charge in [0.05, 0.1) is 17.9 Å². The summed E-state index contributed by atoms with van der Waals surface area (Å²) in [4.78, 5) is 12.3. The van der Waals surface area contributed by atoms with E-state index in [1.165, 1.54) is 28.8 Å². The predicted octanol–water partition coefficient (Wildman–Crippen LogP) is 3.78. The molecule has 1 heterocycles. The van der Waals surface area contributed by atoms with Crippen molar-refractivity contribution in [2.45, 2.75) is 58.4 Å². The zero-order valence-corrected chi connectivity index (χ0v) is 14.5. The van der Waals surface area contributed by atoms with Gasteiger partial charge in [0.2, 0.25) is 5.91 Å². The van der Waals surface area contributed by atoms with E-state index in [0.29, 0.717) is 0 Å². The van der Waals surface area contributed by atoms with Gasteiger partial charge in [0.25, 0.3) is 0 Å². The van der Waals surface area contributed by atoms with Crippen molar-refractivity contribution >= 4 is 5.91 Å². The molecule has 1 aromatic heterocycles.